The summed E-state index contributed by atoms with van der Waals surface area (Å²) in [7, 11) is -3.85. The molecule has 0 unspecified atom stereocenters. The fourth-order valence-corrected chi connectivity index (χ4v) is 2.13. The summed E-state index contributed by atoms with van der Waals surface area (Å²) in [6, 6.07) is 7.57. The highest BCUT2D eigenvalue weighted by molar-refractivity contribution is 7.86. The number of rotatable bonds is 3. The van der Waals surface area contributed by atoms with E-state index < -0.39 is 16.1 Å². The Hall–Kier alpha value is -2.88. The van der Waals surface area contributed by atoms with Crippen LogP contribution in [0.3, 0.4) is 0 Å². The van der Waals surface area contributed by atoms with Gasteiger partial charge in [-0.3, -0.25) is 5.41 Å². The highest BCUT2D eigenvalue weighted by Crippen LogP contribution is 2.19. The predicted molar refractivity (Wildman–Crippen MR) is 89.9 cm³/mol. The lowest BCUT2D eigenvalue weighted by molar-refractivity contribution is 0.0742. The molecule has 2 aromatic rings. The van der Waals surface area contributed by atoms with Crippen molar-refractivity contribution in [1.29, 1.82) is 5.41 Å². The zero-order valence-electron chi connectivity index (χ0n) is 13.5. The zero-order chi connectivity index (χ0) is 18.5. The van der Waals surface area contributed by atoms with Crippen LogP contribution in [0.25, 0.3) is 11.4 Å². The number of carbonyl (C=O) groups excluding carboxylic acids is 1. The van der Waals surface area contributed by atoms with E-state index in [2.05, 4.69) is 25.6 Å². The van der Waals surface area contributed by atoms with Gasteiger partial charge in [0, 0.05) is 5.56 Å². The molecule has 0 atom stereocenters. The average Bonchev–Trinajstić information content (AvgIpc) is 2.78. The first-order valence-corrected chi connectivity index (χ1v) is 8.48. The number of benzene rings is 1. The van der Waals surface area contributed by atoms with E-state index in [4.69, 9.17) is 5.41 Å². The normalized spacial score (nSPS) is 10.5. The Labute approximate surface area is 139 Å². The van der Waals surface area contributed by atoms with E-state index in [9.17, 15) is 13.2 Å². The second kappa shape index (κ2) is 7.59. The van der Waals surface area contributed by atoms with E-state index in [0.717, 1.165) is 17.4 Å². The smallest absolute Gasteiger partial charge is 0.370 e. The Morgan fingerprint density at radius 2 is 1.88 bits per heavy atom. The standard InChI is InChI=1S/C13H14N2O4S.CH5N3/c1-8-5-4-6-10(7-8)12-14-9(2)11(15-12)13(16)19-20(3,17)18;2-1(3)4/h4-7H,1-3H3,(H,14,15);(H5,2,3,4). The molecule has 9 nitrogen and oxygen atoms in total. The van der Waals surface area contributed by atoms with Gasteiger partial charge in [-0.05, 0) is 19.9 Å². The van der Waals surface area contributed by atoms with Gasteiger partial charge in [-0.2, -0.15) is 8.42 Å². The van der Waals surface area contributed by atoms with Crippen molar-refractivity contribution in [2.75, 3.05) is 6.26 Å². The number of aromatic amines is 1. The van der Waals surface area contributed by atoms with E-state index in [-0.39, 0.29) is 11.7 Å². The van der Waals surface area contributed by atoms with Crippen molar-refractivity contribution in [2.24, 2.45) is 11.5 Å². The molecule has 0 saturated heterocycles. The lowest BCUT2D eigenvalue weighted by Crippen LogP contribution is -2.20. The summed E-state index contributed by atoms with van der Waals surface area (Å²) in [5.74, 6) is -0.803. The molecule has 6 N–H and O–H groups in total. The average molecular weight is 353 g/mol. The van der Waals surface area contributed by atoms with Crippen LogP contribution in [0.5, 0.6) is 0 Å². The Morgan fingerprint density at radius 3 is 2.38 bits per heavy atom. The SMILES string of the molecule is Cc1cccc(-c2nc(C)c(C(=O)OS(C)(=O)=O)[nH]2)c1.N=C(N)N. The minimum atomic E-state index is -3.85. The highest BCUT2D eigenvalue weighted by atomic mass is 32.2. The van der Waals surface area contributed by atoms with Crippen LogP contribution < -0.4 is 11.5 Å². The summed E-state index contributed by atoms with van der Waals surface area (Å²) < 4.78 is 26.3. The number of nitrogens with one attached hydrogen (secondary N) is 2. The molecule has 1 aromatic carbocycles. The van der Waals surface area contributed by atoms with Crippen LogP contribution in [0, 0.1) is 19.3 Å². The van der Waals surface area contributed by atoms with E-state index in [1.807, 2.05) is 31.2 Å². The number of hydrogen-bond acceptors (Lipinski definition) is 6. The maximum absolute atomic E-state index is 11.7. The maximum atomic E-state index is 11.7. The van der Waals surface area contributed by atoms with Crippen LogP contribution >= 0.6 is 0 Å². The lowest BCUT2D eigenvalue weighted by atomic mass is 10.1. The van der Waals surface area contributed by atoms with Crippen molar-refractivity contribution in [2.45, 2.75) is 13.8 Å². The summed E-state index contributed by atoms with van der Waals surface area (Å²) in [6.07, 6.45) is 0.818. The fraction of sp³-hybridized carbons (Fsp3) is 0.214. The molecule has 1 heterocycles. The van der Waals surface area contributed by atoms with Crippen LogP contribution in [0.2, 0.25) is 0 Å². The molecule has 0 aliphatic rings. The summed E-state index contributed by atoms with van der Waals surface area (Å²) in [5, 5.41) is 6.06. The molecular formula is C14H19N5O4S. The van der Waals surface area contributed by atoms with Gasteiger partial charge in [-0.25, -0.2) is 9.78 Å². The molecule has 1 aromatic heterocycles. The predicted octanol–water partition coefficient (Wildman–Crippen LogP) is 0.649. The van der Waals surface area contributed by atoms with Crippen LogP contribution in [-0.2, 0) is 14.3 Å². The zero-order valence-corrected chi connectivity index (χ0v) is 14.3. The van der Waals surface area contributed by atoms with Crippen LogP contribution in [0.1, 0.15) is 21.7 Å². The topological polar surface area (TPSA) is 165 Å². The molecule has 0 aliphatic heterocycles. The Bertz CT molecular complexity index is 854. The summed E-state index contributed by atoms with van der Waals surface area (Å²) in [5.41, 5.74) is 11.2. The molecule has 0 fully saturated rings. The fourth-order valence-electron chi connectivity index (χ4n) is 1.77. The molecule has 0 amide bonds. The van der Waals surface area contributed by atoms with Gasteiger partial charge in [0.05, 0.1) is 11.9 Å². The second-order valence-electron chi connectivity index (χ2n) is 4.95. The highest BCUT2D eigenvalue weighted by Gasteiger charge is 2.20. The minimum Gasteiger partial charge on any atom is -0.370 e. The van der Waals surface area contributed by atoms with Crippen LogP contribution in [-0.4, -0.2) is 36.6 Å². The number of carbonyl (C=O) groups is 1. The largest absolute Gasteiger partial charge is 0.372 e. The molecule has 0 bridgehead atoms. The van der Waals surface area contributed by atoms with Crippen LogP contribution in [0.4, 0.5) is 0 Å². The monoisotopic (exact) mass is 353 g/mol. The first-order chi connectivity index (χ1) is 11.0. The van der Waals surface area contributed by atoms with E-state index in [1.54, 1.807) is 6.92 Å². The van der Waals surface area contributed by atoms with Gasteiger partial charge in [-0.15, -0.1) is 0 Å². The summed E-state index contributed by atoms with van der Waals surface area (Å²) in [4.78, 5) is 18.7. The molecular weight excluding hydrogens is 334 g/mol. The molecule has 0 radical (unpaired) electrons. The first-order valence-electron chi connectivity index (χ1n) is 6.66. The van der Waals surface area contributed by atoms with Gasteiger partial charge in [-0.1, -0.05) is 23.8 Å². The van der Waals surface area contributed by atoms with E-state index in [0.29, 0.717) is 11.5 Å². The van der Waals surface area contributed by atoms with Crippen molar-refractivity contribution < 1.29 is 17.4 Å². The Balaban J connectivity index is 0.000000648. The Morgan fingerprint density at radius 1 is 1.29 bits per heavy atom. The van der Waals surface area contributed by atoms with Gasteiger partial charge in [0.15, 0.2) is 5.96 Å². The second-order valence-corrected chi connectivity index (χ2v) is 6.52. The van der Waals surface area contributed by atoms with Crippen molar-refractivity contribution in [1.82, 2.24) is 9.97 Å². The quantitative estimate of drug-likeness (QED) is 0.357. The van der Waals surface area contributed by atoms with Crippen molar-refractivity contribution in [3.05, 3.63) is 41.2 Å². The van der Waals surface area contributed by atoms with Crippen LogP contribution in [0.15, 0.2) is 24.3 Å². The van der Waals surface area contributed by atoms with Gasteiger partial charge >= 0.3 is 16.1 Å². The van der Waals surface area contributed by atoms with Crippen molar-refractivity contribution in [3.8, 4) is 11.4 Å². The number of H-pyrrole nitrogens is 1. The molecule has 0 saturated carbocycles. The first kappa shape index (κ1) is 19.2. The van der Waals surface area contributed by atoms with Gasteiger partial charge in [0.25, 0.3) is 0 Å². The van der Waals surface area contributed by atoms with Crippen molar-refractivity contribution >= 4 is 22.0 Å². The molecule has 24 heavy (non-hydrogen) atoms. The number of aromatic nitrogens is 2. The Kier molecular flexibility index (Phi) is 6.07. The molecule has 130 valence electrons. The third-order valence-corrected chi connectivity index (χ3v) is 3.06. The van der Waals surface area contributed by atoms with Gasteiger partial charge < -0.3 is 20.6 Å². The number of hydrogen-bond donors (Lipinski definition) is 4. The van der Waals surface area contributed by atoms with Gasteiger partial charge in [0.1, 0.15) is 11.5 Å². The summed E-state index contributed by atoms with van der Waals surface area (Å²) >= 11 is 0. The molecule has 0 aliphatic carbocycles. The molecule has 0 spiro atoms. The number of aryl methyl sites for hydroxylation is 2. The lowest BCUT2D eigenvalue weighted by Gasteiger charge is -2.00. The number of imidazole rings is 1. The number of nitrogens with two attached hydrogens (primary N) is 2. The van der Waals surface area contributed by atoms with E-state index >= 15 is 0 Å². The summed E-state index contributed by atoms with van der Waals surface area (Å²) in [6.45, 7) is 3.55. The third kappa shape index (κ3) is 6.08. The van der Waals surface area contributed by atoms with Crippen molar-refractivity contribution in [3.63, 3.8) is 0 Å². The molecule has 10 heteroatoms. The molecule has 2 rings (SSSR count). The third-order valence-electron chi connectivity index (χ3n) is 2.61. The number of nitrogens with zero attached hydrogens (tertiary/aromatic N) is 1. The van der Waals surface area contributed by atoms with Gasteiger partial charge in [0.2, 0.25) is 0 Å². The minimum absolute atomic E-state index is 0.0342. The maximum Gasteiger partial charge on any atom is 0.372 e. The van der Waals surface area contributed by atoms with E-state index in [1.165, 1.54) is 0 Å². The number of guanidine groups is 1.